The van der Waals surface area contributed by atoms with Gasteiger partial charge in [-0.25, -0.2) is 18.0 Å². The Bertz CT molecular complexity index is 1190. The molecule has 0 radical (unpaired) electrons. The molecule has 3 aromatic rings. The predicted octanol–water partition coefficient (Wildman–Crippen LogP) is 6.58. The lowest BCUT2D eigenvalue weighted by molar-refractivity contribution is 0.0721. The lowest BCUT2D eigenvalue weighted by Crippen LogP contribution is -2.12. The maximum Gasteiger partial charge on any atom is 0.353 e. The smallest absolute Gasteiger partial charge is 0.353 e. The van der Waals surface area contributed by atoms with Crippen LogP contribution in [-0.4, -0.2) is 19.2 Å². The molecule has 3 rings (SSSR count). The van der Waals surface area contributed by atoms with E-state index in [4.69, 9.17) is 9.05 Å². The normalized spacial score (nSPS) is 11.8. The highest BCUT2D eigenvalue weighted by molar-refractivity contribution is 7.53. The Balaban J connectivity index is 1.88. The average molecular weight is 494 g/mol. The number of hydrogen-bond acceptors (Lipinski definition) is 6. The van der Waals surface area contributed by atoms with Crippen molar-refractivity contribution in [2.45, 2.75) is 20.0 Å². The summed E-state index contributed by atoms with van der Waals surface area (Å²) in [6.07, 6.45) is -0.0230. The molecule has 0 bridgehead atoms. The number of rotatable bonds is 8. The third kappa shape index (κ3) is 4.85. The maximum atomic E-state index is 13.8. The van der Waals surface area contributed by atoms with E-state index in [1.165, 1.54) is 6.07 Å². The standard InChI is InChI=1S/C20H16F5O5PS/c1-3-28-31(27,29-4-2)9-10-5-6-12-11(7-10)8-13(32-12)20(26)30-19-17(24)15(22)14(21)16(23)18(19)25/h5-8H,3-4,9H2,1-2H3. The van der Waals surface area contributed by atoms with Crippen molar-refractivity contribution >= 4 is 35.0 Å². The van der Waals surface area contributed by atoms with Gasteiger partial charge in [-0.15, -0.1) is 11.3 Å². The molecule has 32 heavy (non-hydrogen) atoms. The minimum absolute atomic E-state index is 0.0230. The highest BCUT2D eigenvalue weighted by atomic mass is 32.1. The van der Waals surface area contributed by atoms with Gasteiger partial charge in [-0.2, -0.15) is 8.78 Å². The molecule has 0 fully saturated rings. The molecule has 1 heterocycles. The van der Waals surface area contributed by atoms with Gasteiger partial charge in [0, 0.05) is 4.70 Å². The molecule has 0 aliphatic rings. The molecular formula is C20H16F5O5PS. The van der Waals surface area contributed by atoms with Gasteiger partial charge in [0.25, 0.3) is 0 Å². The number of thiophene rings is 1. The molecule has 0 aliphatic carbocycles. The van der Waals surface area contributed by atoms with E-state index in [-0.39, 0.29) is 24.3 Å². The second kappa shape index (κ2) is 9.66. The summed E-state index contributed by atoms with van der Waals surface area (Å²) >= 11 is 0.883. The lowest BCUT2D eigenvalue weighted by Gasteiger charge is -2.16. The van der Waals surface area contributed by atoms with Crippen LogP contribution in [0.15, 0.2) is 24.3 Å². The topological polar surface area (TPSA) is 61.8 Å². The van der Waals surface area contributed by atoms with Crippen LogP contribution in [0.2, 0.25) is 0 Å². The van der Waals surface area contributed by atoms with Crippen molar-refractivity contribution in [1.82, 2.24) is 0 Å². The van der Waals surface area contributed by atoms with Crippen molar-refractivity contribution in [1.29, 1.82) is 0 Å². The van der Waals surface area contributed by atoms with Crippen LogP contribution in [0.3, 0.4) is 0 Å². The van der Waals surface area contributed by atoms with E-state index in [1.807, 2.05) is 0 Å². The molecule has 0 saturated carbocycles. The number of carbonyl (C=O) groups excluding carboxylic acids is 1. The average Bonchev–Trinajstić information content (AvgIpc) is 3.17. The summed E-state index contributed by atoms with van der Waals surface area (Å²) in [6.45, 7) is 3.73. The second-order valence-corrected chi connectivity index (χ2v) is 9.51. The zero-order chi connectivity index (χ0) is 23.6. The van der Waals surface area contributed by atoms with Crippen LogP contribution in [0.25, 0.3) is 10.1 Å². The van der Waals surface area contributed by atoms with E-state index < -0.39 is 48.4 Å². The first-order valence-electron chi connectivity index (χ1n) is 9.24. The molecule has 0 atom stereocenters. The third-order valence-electron chi connectivity index (χ3n) is 4.17. The first kappa shape index (κ1) is 24.3. The van der Waals surface area contributed by atoms with Crippen LogP contribution < -0.4 is 4.74 Å². The number of fused-ring (bicyclic) bond motifs is 1. The van der Waals surface area contributed by atoms with E-state index in [0.717, 1.165) is 11.3 Å². The number of halogens is 5. The first-order chi connectivity index (χ1) is 15.1. The van der Waals surface area contributed by atoms with Gasteiger partial charge in [-0.05, 0) is 43.0 Å². The second-order valence-electron chi connectivity index (χ2n) is 6.38. The van der Waals surface area contributed by atoms with Gasteiger partial charge < -0.3 is 13.8 Å². The summed E-state index contributed by atoms with van der Waals surface area (Å²) in [6, 6.07) is 6.20. The molecule has 0 saturated heterocycles. The highest BCUT2D eigenvalue weighted by Crippen LogP contribution is 2.51. The van der Waals surface area contributed by atoms with E-state index in [9.17, 15) is 31.3 Å². The van der Waals surface area contributed by atoms with Crippen LogP contribution in [-0.2, 0) is 19.8 Å². The summed E-state index contributed by atoms with van der Waals surface area (Å²) in [4.78, 5) is 12.2. The summed E-state index contributed by atoms with van der Waals surface area (Å²) in [5.41, 5.74) is 0.584. The molecular weight excluding hydrogens is 478 g/mol. The minimum atomic E-state index is -3.38. The number of benzene rings is 2. The van der Waals surface area contributed by atoms with Crippen LogP contribution >= 0.6 is 18.9 Å². The fourth-order valence-corrected chi connectivity index (χ4v) is 5.46. The molecule has 1 aromatic heterocycles. The Hall–Kier alpha value is -2.33. The van der Waals surface area contributed by atoms with E-state index in [1.54, 1.807) is 32.0 Å². The van der Waals surface area contributed by atoms with E-state index >= 15 is 0 Å². The Kier molecular flexibility index (Phi) is 7.34. The molecule has 0 amide bonds. The molecule has 0 aliphatic heterocycles. The zero-order valence-electron chi connectivity index (χ0n) is 16.7. The van der Waals surface area contributed by atoms with Gasteiger partial charge in [0.05, 0.1) is 19.4 Å². The van der Waals surface area contributed by atoms with Gasteiger partial charge in [-0.3, -0.25) is 4.57 Å². The molecule has 2 aromatic carbocycles. The SMILES string of the molecule is CCOP(=O)(Cc1ccc2sc(C(=O)Oc3c(F)c(F)c(F)c(F)c3F)cc2c1)OCC. The minimum Gasteiger partial charge on any atom is -0.416 e. The zero-order valence-corrected chi connectivity index (χ0v) is 18.4. The number of esters is 1. The first-order valence-corrected chi connectivity index (χ1v) is 11.8. The van der Waals surface area contributed by atoms with E-state index in [2.05, 4.69) is 4.74 Å². The van der Waals surface area contributed by atoms with Crippen LogP contribution in [0.1, 0.15) is 29.1 Å². The number of carbonyl (C=O) groups is 1. The van der Waals surface area contributed by atoms with Gasteiger partial charge in [0.2, 0.25) is 34.8 Å². The summed E-state index contributed by atoms with van der Waals surface area (Å²) < 4.78 is 95.6. The van der Waals surface area contributed by atoms with Crippen LogP contribution in [0, 0.1) is 29.1 Å². The number of ether oxygens (including phenoxy) is 1. The Morgan fingerprint density at radius 3 is 2.03 bits per heavy atom. The summed E-state index contributed by atoms with van der Waals surface area (Å²) in [5.74, 6) is -14.3. The predicted molar refractivity (Wildman–Crippen MR) is 108 cm³/mol. The molecule has 12 heteroatoms. The third-order valence-corrected chi connectivity index (χ3v) is 7.33. The van der Waals surface area contributed by atoms with Crippen molar-refractivity contribution in [3.63, 3.8) is 0 Å². The molecule has 0 spiro atoms. The largest absolute Gasteiger partial charge is 0.416 e. The van der Waals surface area contributed by atoms with Crippen molar-refractivity contribution < 1.29 is 45.1 Å². The quantitative estimate of drug-likeness (QED) is 0.0884. The molecule has 0 N–H and O–H groups in total. The monoisotopic (exact) mass is 494 g/mol. The molecule has 172 valence electrons. The Morgan fingerprint density at radius 1 is 0.906 bits per heavy atom. The fraction of sp³-hybridized carbons (Fsp3) is 0.250. The van der Waals surface area contributed by atoms with Crippen molar-refractivity contribution in [2.75, 3.05) is 13.2 Å². The van der Waals surface area contributed by atoms with Crippen LogP contribution in [0.5, 0.6) is 5.75 Å². The van der Waals surface area contributed by atoms with Gasteiger partial charge in [-0.1, -0.05) is 6.07 Å². The summed E-state index contributed by atoms with van der Waals surface area (Å²) in [5, 5.41) is 0.511. The Labute approximate surface area is 183 Å². The van der Waals surface area contributed by atoms with Gasteiger partial charge >= 0.3 is 13.6 Å². The Morgan fingerprint density at radius 2 is 1.47 bits per heavy atom. The van der Waals surface area contributed by atoms with Crippen molar-refractivity contribution in [3.05, 3.63) is 63.8 Å². The fourth-order valence-electron chi connectivity index (χ4n) is 2.85. The number of hydrogen-bond donors (Lipinski definition) is 0. The lowest BCUT2D eigenvalue weighted by atomic mass is 10.2. The van der Waals surface area contributed by atoms with Crippen molar-refractivity contribution in [2.24, 2.45) is 0 Å². The van der Waals surface area contributed by atoms with Crippen molar-refractivity contribution in [3.8, 4) is 5.75 Å². The van der Waals surface area contributed by atoms with Gasteiger partial charge in [0.15, 0.2) is 0 Å². The molecule has 0 unspecified atom stereocenters. The highest BCUT2D eigenvalue weighted by Gasteiger charge is 2.29. The summed E-state index contributed by atoms with van der Waals surface area (Å²) in [7, 11) is -3.38. The van der Waals surface area contributed by atoms with E-state index in [0.29, 0.717) is 15.6 Å². The molecule has 5 nitrogen and oxygen atoms in total. The van der Waals surface area contributed by atoms with Gasteiger partial charge in [0.1, 0.15) is 4.88 Å². The van der Waals surface area contributed by atoms with Crippen LogP contribution in [0.4, 0.5) is 22.0 Å². The maximum absolute atomic E-state index is 13.8.